The minimum atomic E-state index is -0.913. The van der Waals surface area contributed by atoms with Gasteiger partial charge in [0.05, 0.1) is 5.56 Å². The van der Waals surface area contributed by atoms with Gasteiger partial charge in [-0.1, -0.05) is 12.1 Å². The Labute approximate surface area is 105 Å². The molecule has 96 valence electrons. The Morgan fingerprint density at radius 3 is 2.89 bits per heavy atom. The third-order valence-corrected chi connectivity index (χ3v) is 3.12. The number of aromatic carboxylic acids is 1. The summed E-state index contributed by atoms with van der Waals surface area (Å²) in [6.07, 6.45) is 0.577. The topological polar surface area (TPSA) is 66.8 Å². The zero-order chi connectivity index (χ0) is 13.1. The molecule has 0 radical (unpaired) electrons. The number of hydrogen-bond acceptors (Lipinski definition) is 3. The summed E-state index contributed by atoms with van der Waals surface area (Å²) in [6, 6.07) is 5.19. The summed E-state index contributed by atoms with van der Waals surface area (Å²) < 4.78 is 4.82. The molecule has 0 atom stereocenters. The minimum Gasteiger partial charge on any atom is -0.478 e. The Hall–Kier alpha value is -1.88. The molecule has 0 bridgehead atoms. The number of fused-ring (bicyclic) bond motifs is 1. The molecule has 1 N–H and O–H groups in total. The molecule has 1 aromatic rings. The number of ether oxygens (including phenoxy) is 1. The summed E-state index contributed by atoms with van der Waals surface area (Å²) in [5, 5.41) is 9.10. The average molecular weight is 249 g/mol. The van der Waals surface area contributed by atoms with E-state index in [-0.39, 0.29) is 12.5 Å². The summed E-state index contributed by atoms with van der Waals surface area (Å²) in [7, 11) is 1.48. The molecular formula is C13H15NO4. The van der Waals surface area contributed by atoms with Crippen LogP contribution in [0.4, 0.5) is 0 Å². The zero-order valence-corrected chi connectivity index (χ0v) is 10.2. The van der Waals surface area contributed by atoms with E-state index in [4.69, 9.17) is 9.84 Å². The van der Waals surface area contributed by atoms with Crippen molar-refractivity contribution < 1.29 is 19.4 Å². The van der Waals surface area contributed by atoms with E-state index in [1.54, 1.807) is 17.0 Å². The van der Waals surface area contributed by atoms with Crippen LogP contribution in [0, 0.1) is 0 Å². The molecule has 1 aromatic carbocycles. The largest absolute Gasteiger partial charge is 0.478 e. The van der Waals surface area contributed by atoms with Gasteiger partial charge in [0.15, 0.2) is 0 Å². The van der Waals surface area contributed by atoms with Crippen molar-refractivity contribution in [3.05, 3.63) is 34.9 Å². The average Bonchev–Trinajstić information content (AvgIpc) is 2.37. The molecule has 1 amide bonds. The van der Waals surface area contributed by atoms with Gasteiger partial charge in [-0.05, 0) is 23.6 Å². The molecule has 0 saturated heterocycles. The predicted molar refractivity (Wildman–Crippen MR) is 64.4 cm³/mol. The van der Waals surface area contributed by atoms with E-state index >= 15 is 0 Å². The number of nitrogens with zero attached hydrogens (tertiary/aromatic N) is 1. The van der Waals surface area contributed by atoms with Gasteiger partial charge in [0.1, 0.15) is 6.61 Å². The van der Waals surface area contributed by atoms with Crippen LogP contribution in [0.2, 0.25) is 0 Å². The van der Waals surface area contributed by atoms with Crippen LogP contribution in [0.1, 0.15) is 21.5 Å². The normalized spacial score (nSPS) is 14.2. The van der Waals surface area contributed by atoms with Crippen molar-refractivity contribution in [3.63, 3.8) is 0 Å². The molecule has 0 fully saturated rings. The van der Waals surface area contributed by atoms with Crippen molar-refractivity contribution in [2.24, 2.45) is 0 Å². The van der Waals surface area contributed by atoms with Crippen molar-refractivity contribution >= 4 is 11.9 Å². The Kier molecular flexibility index (Phi) is 3.62. The molecule has 0 aliphatic carbocycles. The number of methoxy groups -OCH3 is 1. The Morgan fingerprint density at radius 1 is 1.44 bits per heavy atom. The first-order chi connectivity index (χ1) is 8.63. The summed E-state index contributed by atoms with van der Waals surface area (Å²) >= 11 is 0. The number of carboxylic acids is 1. The molecule has 0 aromatic heterocycles. The second kappa shape index (κ2) is 5.18. The minimum absolute atomic E-state index is 0.0634. The number of hydrogen-bond donors (Lipinski definition) is 1. The summed E-state index contributed by atoms with van der Waals surface area (Å²) in [5.41, 5.74) is 2.09. The number of carbonyl (C=O) groups excluding carboxylic acids is 1. The smallest absolute Gasteiger partial charge is 0.335 e. The third-order valence-electron chi connectivity index (χ3n) is 3.12. The van der Waals surface area contributed by atoms with E-state index < -0.39 is 5.97 Å². The van der Waals surface area contributed by atoms with Gasteiger partial charge in [0.2, 0.25) is 5.91 Å². The maximum Gasteiger partial charge on any atom is 0.335 e. The third kappa shape index (κ3) is 2.36. The maximum atomic E-state index is 11.7. The van der Waals surface area contributed by atoms with Crippen LogP contribution in [-0.2, 0) is 22.5 Å². The molecule has 18 heavy (non-hydrogen) atoms. The Balaban J connectivity index is 2.23. The highest BCUT2D eigenvalue weighted by molar-refractivity contribution is 5.90. The SMILES string of the molecule is COCC(=O)N1CCc2c(cccc2C(=O)O)C1. The fraction of sp³-hybridized carbons (Fsp3) is 0.385. The van der Waals surface area contributed by atoms with E-state index in [0.717, 1.165) is 11.1 Å². The lowest BCUT2D eigenvalue weighted by Gasteiger charge is -2.29. The number of carbonyl (C=O) groups is 2. The summed E-state index contributed by atoms with van der Waals surface area (Å²) in [5.74, 6) is -0.979. The fourth-order valence-corrected chi connectivity index (χ4v) is 2.24. The van der Waals surface area contributed by atoms with Gasteiger partial charge in [-0.25, -0.2) is 4.79 Å². The summed E-state index contributed by atoms with van der Waals surface area (Å²) in [4.78, 5) is 24.5. The second-order valence-corrected chi connectivity index (χ2v) is 4.25. The molecule has 1 heterocycles. The zero-order valence-electron chi connectivity index (χ0n) is 10.2. The number of rotatable bonds is 3. The van der Waals surface area contributed by atoms with E-state index in [1.165, 1.54) is 7.11 Å². The van der Waals surface area contributed by atoms with Crippen molar-refractivity contribution in [2.45, 2.75) is 13.0 Å². The molecule has 2 rings (SSSR count). The fourth-order valence-electron chi connectivity index (χ4n) is 2.24. The van der Waals surface area contributed by atoms with Crippen LogP contribution < -0.4 is 0 Å². The summed E-state index contributed by atoms with van der Waals surface area (Å²) in [6.45, 7) is 1.06. The first-order valence-corrected chi connectivity index (χ1v) is 5.74. The molecular weight excluding hydrogens is 234 g/mol. The number of amides is 1. The molecule has 5 nitrogen and oxygen atoms in total. The van der Waals surface area contributed by atoms with Crippen LogP contribution in [0.25, 0.3) is 0 Å². The molecule has 1 aliphatic heterocycles. The Bertz CT molecular complexity index is 484. The van der Waals surface area contributed by atoms with Gasteiger partial charge in [-0.15, -0.1) is 0 Å². The monoisotopic (exact) mass is 249 g/mol. The van der Waals surface area contributed by atoms with Crippen LogP contribution in [0.3, 0.4) is 0 Å². The van der Waals surface area contributed by atoms with Gasteiger partial charge in [-0.2, -0.15) is 0 Å². The van der Waals surface area contributed by atoms with E-state index in [1.807, 2.05) is 6.07 Å². The molecule has 0 unspecified atom stereocenters. The standard InChI is InChI=1S/C13H15NO4/c1-18-8-12(15)14-6-5-10-9(7-14)3-2-4-11(10)13(16)17/h2-4H,5-8H2,1H3,(H,16,17). The first kappa shape index (κ1) is 12.6. The lowest BCUT2D eigenvalue weighted by Crippen LogP contribution is -2.38. The molecule has 0 saturated carbocycles. The van der Waals surface area contributed by atoms with Crippen LogP contribution >= 0.6 is 0 Å². The van der Waals surface area contributed by atoms with E-state index in [0.29, 0.717) is 25.1 Å². The van der Waals surface area contributed by atoms with Gasteiger partial charge in [0.25, 0.3) is 0 Å². The lowest BCUT2D eigenvalue weighted by atomic mass is 9.94. The molecule has 5 heteroatoms. The van der Waals surface area contributed by atoms with Gasteiger partial charge < -0.3 is 14.7 Å². The van der Waals surface area contributed by atoms with E-state index in [2.05, 4.69) is 0 Å². The first-order valence-electron chi connectivity index (χ1n) is 5.74. The lowest BCUT2D eigenvalue weighted by molar-refractivity contribution is -0.136. The van der Waals surface area contributed by atoms with Crippen LogP contribution in [0.15, 0.2) is 18.2 Å². The Morgan fingerprint density at radius 2 is 2.22 bits per heavy atom. The second-order valence-electron chi connectivity index (χ2n) is 4.25. The highest BCUT2D eigenvalue weighted by Gasteiger charge is 2.23. The predicted octanol–water partition coefficient (Wildman–Crippen LogP) is 0.916. The highest BCUT2D eigenvalue weighted by Crippen LogP contribution is 2.22. The van der Waals surface area contributed by atoms with Gasteiger partial charge in [0, 0.05) is 20.2 Å². The number of benzene rings is 1. The molecule has 1 aliphatic rings. The quantitative estimate of drug-likeness (QED) is 0.864. The number of carboxylic acid groups (broad SMARTS) is 1. The van der Waals surface area contributed by atoms with Crippen LogP contribution in [-0.4, -0.2) is 42.1 Å². The van der Waals surface area contributed by atoms with Crippen molar-refractivity contribution in [1.82, 2.24) is 4.90 Å². The van der Waals surface area contributed by atoms with E-state index in [9.17, 15) is 9.59 Å². The highest BCUT2D eigenvalue weighted by atomic mass is 16.5. The van der Waals surface area contributed by atoms with Gasteiger partial charge >= 0.3 is 5.97 Å². The van der Waals surface area contributed by atoms with Gasteiger partial charge in [-0.3, -0.25) is 4.79 Å². The van der Waals surface area contributed by atoms with Crippen molar-refractivity contribution in [3.8, 4) is 0 Å². The molecule has 0 spiro atoms. The van der Waals surface area contributed by atoms with Crippen LogP contribution in [0.5, 0.6) is 0 Å². The van der Waals surface area contributed by atoms with Crippen molar-refractivity contribution in [2.75, 3.05) is 20.3 Å². The maximum absolute atomic E-state index is 11.7. The van der Waals surface area contributed by atoms with Crippen molar-refractivity contribution in [1.29, 1.82) is 0 Å².